The summed E-state index contributed by atoms with van der Waals surface area (Å²) in [6.45, 7) is 3.73. The number of aromatic hydroxyl groups is 1. The molecule has 1 aliphatic rings. The van der Waals surface area contributed by atoms with Gasteiger partial charge >= 0.3 is 5.97 Å². The maximum atomic E-state index is 12.7. The minimum absolute atomic E-state index is 0.0993. The van der Waals surface area contributed by atoms with Crippen LogP contribution in [0.3, 0.4) is 0 Å². The first-order valence-corrected chi connectivity index (χ1v) is 7.97. The summed E-state index contributed by atoms with van der Waals surface area (Å²) in [6.07, 6.45) is 1.67. The predicted molar refractivity (Wildman–Crippen MR) is 81.6 cm³/mol. The molecule has 0 radical (unpaired) electrons. The Bertz CT molecular complexity index is 561. The van der Waals surface area contributed by atoms with E-state index < -0.39 is 12.0 Å². The zero-order chi connectivity index (χ0) is 15.6. The first-order chi connectivity index (χ1) is 9.95. The van der Waals surface area contributed by atoms with Gasteiger partial charge in [-0.15, -0.1) is 11.8 Å². The summed E-state index contributed by atoms with van der Waals surface area (Å²) >= 11 is 1.52. The number of hydrogen-bond donors (Lipinski definition) is 2. The Balaban J connectivity index is 2.31. The molecule has 6 heteroatoms. The van der Waals surface area contributed by atoms with E-state index in [1.54, 1.807) is 13.0 Å². The predicted octanol–water partition coefficient (Wildman–Crippen LogP) is 2.47. The van der Waals surface area contributed by atoms with Crippen LogP contribution in [0.4, 0.5) is 0 Å². The van der Waals surface area contributed by atoms with Crippen molar-refractivity contribution in [2.45, 2.75) is 38.1 Å². The van der Waals surface area contributed by atoms with Crippen molar-refractivity contribution in [3.63, 3.8) is 0 Å². The smallest absolute Gasteiger partial charge is 0.327 e. The molecular formula is C15H19NO4S. The van der Waals surface area contributed by atoms with Gasteiger partial charge in [-0.05, 0) is 37.1 Å². The highest BCUT2D eigenvalue weighted by Crippen LogP contribution is 2.34. The Kier molecular flexibility index (Phi) is 4.77. The lowest BCUT2D eigenvalue weighted by atomic mass is 10.1. The second-order valence-electron chi connectivity index (χ2n) is 5.14. The number of carbonyl (C=O) groups excluding carboxylic acids is 1. The Morgan fingerprint density at radius 2 is 2.14 bits per heavy atom. The molecule has 2 atom stereocenters. The first-order valence-electron chi connectivity index (χ1n) is 6.92. The van der Waals surface area contributed by atoms with Crippen molar-refractivity contribution in [3.8, 4) is 5.75 Å². The number of phenols is 1. The summed E-state index contributed by atoms with van der Waals surface area (Å²) in [4.78, 5) is 25.5. The monoisotopic (exact) mass is 309 g/mol. The number of phenolic OH excluding ortho intramolecular Hbond substituents is 1. The summed E-state index contributed by atoms with van der Waals surface area (Å²) in [5, 5.41) is 18.8. The highest BCUT2D eigenvalue weighted by atomic mass is 32.2. The van der Waals surface area contributed by atoms with Crippen molar-refractivity contribution in [1.82, 2.24) is 4.90 Å². The van der Waals surface area contributed by atoms with Crippen LogP contribution in [0, 0.1) is 6.92 Å². The summed E-state index contributed by atoms with van der Waals surface area (Å²) in [7, 11) is 0. The number of carboxylic acids is 1. The van der Waals surface area contributed by atoms with Gasteiger partial charge in [0.15, 0.2) is 0 Å². The van der Waals surface area contributed by atoms with E-state index in [0.29, 0.717) is 16.9 Å². The van der Waals surface area contributed by atoms with Crippen molar-refractivity contribution in [1.29, 1.82) is 0 Å². The van der Waals surface area contributed by atoms with Crippen LogP contribution in [0.15, 0.2) is 18.2 Å². The van der Waals surface area contributed by atoms with Gasteiger partial charge in [0.05, 0.1) is 5.37 Å². The number of nitrogens with zero attached hydrogens (tertiary/aromatic N) is 1. The molecule has 0 aliphatic carbocycles. The third kappa shape index (κ3) is 3.15. The average molecular weight is 309 g/mol. The number of hydrogen-bond acceptors (Lipinski definition) is 4. The number of carbonyl (C=O) groups is 2. The molecule has 2 rings (SSSR count). The lowest BCUT2D eigenvalue weighted by molar-refractivity contribution is -0.141. The number of carboxylic acid groups (broad SMARTS) is 1. The molecule has 114 valence electrons. The second kappa shape index (κ2) is 6.39. The molecule has 0 aromatic heterocycles. The van der Waals surface area contributed by atoms with Gasteiger partial charge in [0.2, 0.25) is 0 Å². The molecule has 21 heavy (non-hydrogen) atoms. The van der Waals surface area contributed by atoms with Crippen molar-refractivity contribution >= 4 is 23.6 Å². The first kappa shape index (κ1) is 15.7. The van der Waals surface area contributed by atoms with Crippen LogP contribution in [-0.2, 0) is 4.79 Å². The minimum atomic E-state index is -0.968. The van der Waals surface area contributed by atoms with Gasteiger partial charge in [-0.1, -0.05) is 13.3 Å². The molecule has 1 amide bonds. The van der Waals surface area contributed by atoms with E-state index in [1.165, 1.54) is 28.8 Å². The summed E-state index contributed by atoms with van der Waals surface area (Å²) in [5.41, 5.74) is 1.02. The fraction of sp³-hybridized carbons (Fsp3) is 0.467. The highest BCUT2D eigenvalue weighted by molar-refractivity contribution is 8.00. The van der Waals surface area contributed by atoms with Gasteiger partial charge in [-0.3, -0.25) is 4.79 Å². The Hall–Kier alpha value is -1.69. The fourth-order valence-corrected chi connectivity index (χ4v) is 3.95. The number of aliphatic carboxylic acids is 1. The molecule has 5 nitrogen and oxygen atoms in total. The third-order valence-corrected chi connectivity index (χ3v) is 4.95. The van der Waals surface area contributed by atoms with Crippen LogP contribution < -0.4 is 0 Å². The van der Waals surface area contributed by atoms with Gasteiger partial charge in [0.1, 0.15) is 11.8 Å². The molecule has 0 bridgehead atoms. The maximum absolute atomic E-state index is 12.7. The Morgan fingerprint density at radius 3 is 2.71 bits per heavy atom. The third-order valence-electron chi connectivity index (χ3n) is 3.59. The van der Waals surface area contributed by atoms with E-state index >= 15 is 0 Å². The molecule has 0 saturated carbocycles. The van der Waals surface area contributed by atoms with E-state index in [9.17, 15) is 19.8 Å². The van der Waals surface area contributed by atoms with E-state index in [-0.39, 0.29) is 17.0 Å². The SMILES string of the molecule is CCCC1SCC(C(=O)O)N1C(=O)c1ccc(O)c(C)c1. The van der Waals surface area contributed by atoms with Gasteiger partial charge in [-0.2, -0.15) is 0 Å². The van der Waals surface area contributed by atoms with Crippen LogP contribution in [0.2, 0.25) is 0 Å². The molecule has 2 unspecified atom stereocenters. The van der Waals surface area contributed by atoms with Crippen LogP contribution in [0.5, 0.6) is 5.75 Å². The zero-order valence-corrected chi connectivity index (χ0v) is 12.9. The van der Waals surface area contributed by atoms with E-state index in [1.807, 2.05) is 6.92 Å². The standard InChI is InChI=1S/C15H19NO4S/c1-3-4-13-16(11(8-21-13)15(19)20)14(18)10-5-6-12(17)9(2)7-10/h5-7,11,13,17H,3-4,8H2,1-2H3,(H,19,20). The average Bonchev–Trinajstić information content (AvgIpc) is 2.85. The van der Waals surface area contributed by atoms with E-state index in [2.05, 4.69) is 0 Å². The largest absolute Gasteiger partial charge is 0.508 e. The molecule has 1 fully saturated rings. The Labute approximate surface area is 128 Å². The van der Waals surface area contributed by atoms with Crippen molar-refractivity contribution in [3.05, 3.63) is 29.3 Å². The van der Waals surface area contributed by atoms with Gasteiger partial charge in [-0.25, -0.2) is 4.79 Å². The number of amides is 1. The molecule has 1 aromatic rings. The van der Waals surface area contributed by atoms with Crippen molar-refractivity contribution in [2.24, 2.45) is 0 Å². The normalized spacial score (nSPS) is 21.5. The van der Waals surface area contributed by atoms with Crippen LogP contribution in [-0.4, -0.2) is 44.2 Å². The quantitative estimate of drug-likeness (QED) is 0.893. The summed E-state index contributed by atoms with van der Waals surface area (Å²) in [6, 6.07) is 3.82. The lowest BCUT2D eigenvalue weighted by Gasteiger charge is -2.27. The van der Waals surface area contributed by atoms with Crippen molar-refractivity contribution < 1.29 is 19.8 Å². The number of rotatable bonds is 4. The maximum Gasteiger partial charge on any atom is 0.327 e. The number of thioether (sulfide) groups is 1. The molecule has 1 aliphatic heterocycles. The fourth-order valence-electron chi connectivity index (χ4n) is 2.43. The molecule has 0 spiro atoms. The van der Waals surface area contributed by atoms with Crippen LogP contribution in [0.1, 0.15) is 35.7 Å². The van der Waals surface area contributed by atoms with Gasteiger partial charge in [0.25, 0.3) is 5.91 Å². The van der Waals surface area contributed by atoms with Crippen LogP contribution in [0.25, 0.3) is 0 Å². The number of aryl methyl sites for hydroxylation is 1. The van der Waals surface area contributed by atoms with Crippen molar-refractivity contribution in [2.75, 3.05) is 5.75 Å². The second-order valence-corrected chi connectivity index (χ2v) is 6.36. The lowest BCUT2D eigenvalue weighted by Crippen LogP contribution is -2.45. The van der Waals surface area contributed by atoms with E-state index in [4.69, 9.17) is 0 Å². The van der Waals surface area contributed by atoms with Gasteiger partial charge < -0.3 is 15.1 Å². The molecule has 2 N–H and O–H groups in total. The highest BCUT2D eigenvalue weighted by Gasteiger charge is 2.41. The Morgan fingerprint density at radius 1 is 1.43 bits per heavy atom. The summed E-state index contributed by atoms with van der Waals surface area (Å²) < 4.78 is 0. The zero-order valence-electron chi connectivity index (χ0n) is 12.1. The number of benzene rings is 1. The minimum Gasteiger partial charge on any atom is -0.508 e. The molecule has 1 heterocycles. The van der Waals surface area contributed by atoms with Crippen LogP contribution >= 0.6 is 11.8 Å². The molecule has 1 aromatic carbocycles. The topological polar surface area (TPSA) is 77.8 Å². The molecular weight excluding hydrogens is 290 g/mol. The molecule has 1 saturated heterocycles. The van der Waals surface area contributed by atoms with E-state index in [0.717, 1.165) is 12.8 Å². The van der Waals surface area contributed by atoms with Gasteiger partial charge in [0, 0.05) is 11.3 Å². The summed E-state index contributed by atoms with van der Waals surface area (Å²) in [5.74, 6) is -0.704.